The fraction of sp³-hybridized carbons (Fsp3) is 0.267. The molecule has 1 N–H and O–H groups in total. The highest BCUT2D eigenvalue weighted by atomic mass is 19.4. The van der Waals surface area contributed by atoms with Crippen LogP contribution in [0.25, 0.3) is 0 Å². The summed E-state index contributed by atoms with van der Waals surface area (Å²) in [6, 6.07) is 5.56. The first-order chi connectivity index (χ1) is 10.7. The molecule has 0 spiro atoms. The van der Waals surface area contributed by atoms with Gasteiger partial charge in [0.2, 0.25) is 0 Å². The van der Waals surface area contributed by atoms with E-state index in [4.69, 9.17) is 4.74 Å². The van der Waals surface area contributed by atoms with Gasteiger partial charge in [-0.15, -0.1) is 0 Å². The molecule has 5 nitrogen and oxygen atoms in total. The van der Waals surface area contributed by atoms with Crippen LogP contribution in [0.1, 0.15) is 27.6 Å². The third-order valence-electron chi connectivity index (χ3n) is 3.04. The van der Waals surface area contributed by atoms with Crippen molar-refractivity contribution in [3.8, 4) is 5.75 Å². The monoisotopic (exact) mass is 325 g/mol. The number of carbonyl (C=O) groups excluding carboxylic acids is 1. The van der Waals surface area contributed by atoms with Crippen molar-refractivity contribution >= 4 is 11.6 Å². The number of anilines is 1. The Hall–Kier alpha value is -2.64. The maximum absolute atomic E-state index is 12.7. The van der Waals surface area contributed by atoms with E-state index in [0.29, 0.717) is 23.1 Å². The van der Waals surface area contributed by atoms with Gasteiger partial charge in [0, 0.05) is 11.8 Å². The second-order valence-corrected chi connectivity index (χ2v) is 4.82. The topological polar surface area (TPSA) is 64.1 Å². The molecule has 1 aromatic heterocycles. The first kappa shape index (κ1) is 16.7. The van der Waals surface area contributed by atoms with Crippen LogP contribution in [-0.2, 0) is 6.18 Å². The van der Waals surface area contributed by atoms with Crippen LogP contribution in [0.15, 0.2) is 24.3 Å². The number of methoxy groups -OCH3 is 1. The highest BCUT2D eigenvalue weighted by Gasteiger charge is 2.34. The Labute approximate surface area is 130 Å². The first-order valence-corrected chi connectivity index (χ1v) is 6.59. The number of amides is 1. The predicted octanol–water partition coefficient (Wildman–Crippen LogP) is 3.37. The van der Waals surface area contributed by atoms with Crippen LogP contribution in [0, 0.1) is 13.8 Å². The normalized spacial score (nSPS) is 11.2. The van der Waals surface area contributed by atoms with Gasteiger partial charge in [-0.1, -0.05) is 0 Å². The van der Waals surface area contributed by atoms with Crippen molar-refractivity contribution in [3.63, 3.8) is 0 Å². The second kappa shape index (κ2) is 6.23. The van der Waals surface area contributed by atoms with Gasteiger partial charge in [0.05, 0.1) is 7.11 Å². The van der Waals surface area contributed by atoms with E-state index in [1.807, 2.05) is 0 Å². The summed E-state index contributed by atoms with van der Waals surface area (Å²) in [6.07, 6.45) is -4.64. The lowest BCUT2D eigenvalue weighted by molar-refractivity contribution is -0.141. The van der Waals surface area contributed by atoms with E-state index in [9.17, 15) is 18.0 Å². The molecule has 0 aliphatic carbocycles. The minimum atomic E-state index is -4.64. The Morgan fingerprint density at radius 2 is 1.87 bits per heavy atom. The Kier molecular flexibility index (Phi) is 4.53. The molecule has 23 heavy (non-hydrogen) atoms. The van der Waals surface area contributed by atoms with Crippen LogP contribution in [0.5, 0.6) is 5.75 Å². The first-order valence-electron chi connectivity index (χ1n) is 6.59. The number of alkyl halides is 3. The van der Waals surface area contributed by atoms with Gasteiger partial charge in [0.25, 0.3) is 5.91 Å². The Bertz CT molecular complexity index is 745. The van der Waals surface area contributed by atoms with Crippen LogP contribution in [0.2, 0.25) is 0 Å². The molecular formula is C15H14F3N3O2. The average Bonchev–Trinajstić information content (AvgIpc) is 2.47. The zero-order chi connectivity index (χ0) is 17.2. The fourth-order valence-electron chi connectivity index (χ4n) is 1.92. The summed E-state index contributed by atoms with van der Waals surface area (Å²) in [7, 11) is 1.51. The lowest BCUT2D eigenvalue weighted by Gasteiger charge is -2.11. The standard InChI is InChI=1S/C15H14F3N3O2/c1-8-6-10(23-3)4-5-11(8)21-14(22)12-7-13(15(16,17)18)20-9(2)19-12/h4-7H,1-3H3,(H,21,22). The molecule has 0 fully saturated rings. The summed E-state index contributed by atoms with van der Waals surface area (Å²) in [6.45, 7) is 3.04. The molecule has 2 rings (SSSR count). The van der Waals surface area contributed by atoms with Gasteiger partial charge in [-0.05, 0) is 37.6 Å². The molecular weight excluding hydrogens is 311 g/mol. The molecule has 122 valence electrons. The summed E-state index contributed by atoms with van der Waals surface area (Å²) >= 11 is 0. The SMILES string of the molecule is COc1ccc(NC(=O)c2cc(C(F)(F)F)nc(C)n2)c(C)c1. The van der Waals surface area contributed by atoms with Crippen molar-refractivity contribution < 1.29 is 22.7 Å². The Morgan fingerprint density at radius 1 is 1.17 bits per heavy atom. The van der Waals surface area contributed by atoms with E-state index in [1.54, 1.807) is 25.1 Å². The number of hydrogen-bond acceptors (Lipinski definition) is 4. The van der Waals surface area contributed by atoms with Crippen molar-refractivity contribution in [2.24, 2.45) is 0 Å². The summed E-state index contributed by atoms with van der Waals surface area (Å²) in [5.74, 6) is -0.261. The summed E-state index contributed by atoms with van der Waals surface area (Å²) in [5.41, 5.74) is -0.332. The van der Waals surface area contributed by atoms with Gasteiger partial charge < -0.3 is 10.1 Å². The summed E-state index contributed by atoms with van der Waals surface area (Å²) < 4.78 is 43.3. The van der Waals surface area contributed by atoms with Crippen molar-refractivity contribution in [2.45, 2.75) is 20.0 Å². The van der Waals surface area contributed by atoms with Crippen LogP contribution in [0.3, 0.4) is 0 Å². The number of hydrogen-bond donors (Lipinski definition) is 1. The van der Waals surface area contributed by atoms with Crippen LogP contribution >= 0.6 is 0 Å². The number of carbonyl (C=O) groups is 1. The maximum Gasteiger partial charge on any atom is 0.433 e. The van der Waals surface area contributed by atoms with Crippen molar-refractivity contribution in [1.29, 1.82) is 0 Å². The van der Waals surface area contributed by atoms with Gasteiger partial charge in [0.15, 0.2) is 0 Å². The van der Waals surface area contributed by atoms with Crippen molar-refractivity contribution in [3.05, 3.63) is 47.0 Å². The molecule has 0 aliphatic rings. The molecule has 0 saturated heterocycles. The molecule has 2 aromatic rings. The molecule has 0 radical (unpaired) electrons. The molecule has 0 atom stereocenters. The molecule has 1 heterocycles. The van der Waals surface area contributed by atoms with E-state index in [-0.39, 0.29) is 11.5 Å². The zero-order valence-electron chi connectivity index (χ0n) is 12.7. The van der Waals surface area contributed by atoms with Gasteiger partial charge in [0.1, 0.15) is 23.0 Å². The number of aromatic nitrogens is 2. The fourth-order valence-corrected chi connectivity index (χ4v) is 1.92. The molecule has 0 bridgehead atoms. The van der Waals surface area contributed by atoms with E-state index < -0.39 is 17.8 Å². The van der Waals surface area contributed by atoms with Gasteiger partial charge in [-0.2, -0.15) is 13.2 Å². The van der Waals surface area contributed by atoms with E-state index >= 15 is 0 Å². The minimum absolute atomic E-state index is 0.128. The molecule has 0 saturated carbocycles. The van der Waals surface area contributed by atoms with E-state index in [2.05, 4.69) is 15.3 Å². The average molecular weight is 325 g/mol. The third kappa shape index (κ3) is 3.97. The van der Waals surface area contributed by atoms with E-state index in [1.165, 1.54) is 14.0 Å². The van der Waals surface area contributed by atoms with Crippen molar-refractivity contribution in [2.75, 3.05) is 12.4 Å². The molecule has 1 amide bonds. The Morgan fingerprint density at radius 3 is 2.43 bits per heavy atom. The Balaban J connectivity index is 2.29. The van der Waals surface area contributed by atoms with E-state index in [0.717, 1.165) is 0 Å². The lowest BCUT2D eigenvalue weighted by atomic mass is 10.2. The molecule has 1 aromatic carbocycles. The summed E-state index contributed by atoms with van der Waals surface area (Å²) in [5, 5.41) is 2.53. The number of benzene rings is 1. The van der Waals surface area contributed by atoms with Crippen LogP contribution in [-0.4, -0.2) is 23.0 Å². The third-order valence-corrected chi connectivity index (χ3v) is 3.04. The smallest absolute Gasteiger partial charge is 0.433 e. The minimum Gasteiger partial charge on any atom is -0.497 e. The lowest BCUT2D eigenvalue weighted by Crippen LogP contribution is -2.18. The number of rotatable bonds is 3. The highest BCUT2D eigenvalue weighted by Crippen LogP contribution is 2.28. The van der Waals surface area contributed by atoms with Crippen LogP contribution in [0.4, 0.5) is 18.9 Å². The van der Waals surface area contributed by atoms with Gasteiger partial charge >= 0.3 is 6.18 Å². The summed E-state index contributed by atoms with van der Waals surface area (Å²) in [4.78, 5) is 19.2. The zero-order valence-corrected chi connectivity index (χ0v) is 12.7. The second-order valence-electron chi connectivity index (χ2n) is 4.82. The number of nitrogens with zero attached hydrogens (tertiary/aromatic N) is 2. The van der Waals surface area contributed by atoms with Gasteiger partial charge in [-0.25, -0.2) is 9.97 Å². The molecule has 0 aliphatic heterocycles. The van der Waals surface area contributed by atoms with Crippen molar-refractivity contribution in [1.82, 2.24) is 9.97 Å². The molecule has 0 unspecified atom stereocenters. The largest absolute Gasteiger partial charge is 0.497 e. The maximum atomic E-state index is 12.7. The number of ether oxygens (including phenoxy) is 1. The number of nitrogens with one attached hydrogen (secondary N) is 1. The number of halogens is 3. The highest BCUT2D eigenvalue weighted by molar-refractivity contribution is 6.03. The molecule has 8 heteroatoms. The van der Waals surface area contributed by atoms with Gasteiger partial charge in [-0.3, -0.25) is 4.79 Å². The number of aryl methyl sites for hydroxylation is 2. The quantitative estimate of drug-likeness (QED) is 0.940. The predicted molar refractivity (Wildman–Crippen MR) is 77.5 cm³/mol. The van der Waals surface area contributed by atoms with Crippen LogP contribution < -0.4 is 10.1 Å².